The fraction of sp³-hybridized carbons (Fsp3) is 0.579. The molecule has 0 spiro atoms. The number of aliphatic carboxylic acids is 1. The van der Waals surface area contributed by atoms with Gasteiger partial charge in [-0.1, -0.05) is 43.2 Å². The molecule has 1 N–H and O–H groups in total. The second-order valence-corrected chi connectivity index (χ2v) is 7.11. The van der Waals surface area contributed by atoms with Crippen molar-refractivity contribution in [2.24, 2.45) is 5.41 Å². The molecule has 2 aliphatic rings. The lowest BCUT2D eigenvalue weighted by Gasteiger charge is -2.36. The summed E-state index contributed by atoms with van der Waals surface area (Å²) < 4.78 is 0. The van der Waals surface area contributed by atoms with E-state index in [-0.39, 0.29) is 12.3 Å². The Kier molecular flexibility index (Phi) is 5.19. The normalized spacial score (nSPS) is 20.9. The van der Waals surface area contributed by atoms with Crippen molar-refractivity contribution in [2.75, 3.05) is 26.2 Å². The number of carboxylic acids is 1. The minimum atomic E-state index is -0.807. The van der Waals surface area contributed by atoms with Crippen LogP contribution < -0.4 is 0 Å². The van der Waals surface area contributed by atoms with Gasteiger partial charge < -0.3 is 10.0 Å². The first-order chi connectivity index (χ1) is 11.6. The summed E-state index contributed by atoms with van der Waals surface area (Å²) in [6.45, 7) is 3.99. The smallest absolute Gasteiger partial charge is 0.310 e. The van der Waals surface area contributed by atoms with Crippen LogP contribution in [0.3, 0.4) is 0 Å². The van der Waals surface area contributed by atoms with Crippen molar-refractivity contribution in [3.8, 4) is 0 Å². The Morgan fingerprint density at radius 1 is 1.00 bits per heavy atom. The van der Waals surface area contributed by atoms with Gasteiger partial charge in [-0.2, -0.15) is 0 Å². The van der Waals surface area contributed by atoms with E-state index >= 15 is 0 Å². The molecule has 0 aromatic heterocycles. The van der Waals surface area contributed by atoms with E-state index in [0.29, 0.717) is 25.9 Å². The Balaban J connectivity index is 1.51. The Morgan fingerprint density at radius 2 is 1.62 bits per heavy atom. The standard InChI is InChI=1S/C19H26N2O3/c22-17(14-19(18(23)24)8-4-5-9-19)21-12-10-20(11-13-21)15-16-6-2-1-3-7-16/h1-3,6-7H,4-5,8-15H2,(H,23,24). The fourth-order valence-corrected chi connectivity index (χ4v) is 3.92. The van der Waals surface area contributed by atoms with Crippen LogP contribution in [0.25, 0.3) is 0 Å². The molecule has 1 saturated heterocycles. The molecule has 5 nitrogen and oxygen atoms in total. The topological polar surface area (TPSA) is 60.9 Å². The third-order valence-electron chi connectivity index (χ3n) is 5.48. The van der Waals surface area contributed by atoms with E-state index in [0.717, 1.165) is 32.5 Å². The van der Waals surface area contributed by atoms with Gasteiger partial charge in [-0.3, -0.25) is 14.5 Å². The molecule has 1 aliphatic heterocycles. The van der Waals surface area contributed by atoms with Gasteiger partial charge in [-0.15, -0.1) is 0 Å². The van der Waals surface area contributed by atoms with Gasteiger partial charge in [-0.05, 0) is 18.4 Å². The summed E-state index contributed by atoms with van der Waals surface area (Å²) in [5.74, 6) is -0.783. The lowest BCUT2D eigenvalue weighted by Crippen LogP contribution is -2.49. The van der Waals surface area contributed by atoms with Crippen molar-refractivity contribution in [2.45, 2.75) is 38.6 Å². The van der Waals surface area contributed by atoms with E-state index in [1.165, 1.54) is 5.56 Å². The number of carbonyl (C=O) groups excluding carboxylic acids is 1. The monoisotopic (exact) mass is 330 g/mol. The quantitative estimate of drug-likeness (QED) is 0.900. The lowest BCUT2D eigenvalue weighted by atomic mass is 9.82. The van der Waals surface area contributed by atoms with Gasteiger partial charge in [0.05, 0.1) is 5.41 Å². The summed E-state index contributed by atoms with van der Waals surface area (Å²) >= 11 is 0. The van der Waals surface area contributed by atoms with E-state index in [4.69, 9.17) is 0 Å². The molecule has 0 radical (unpaired) electrons. The Morgan fingerprint density at radius 3 is 2.21 bits per heavy atom. The number of carbonyl (C=O) groups is 2. The van der Waals surface area contributed by atoms with Gasteiger partial charge in [0.1, 0.15) is 0 Å². The van der Waals surface area contributed by atoms with Crippen LogP contribution in [0.1, 0.15) is 37.7 Å². The minimum Gasteiger partial charge on any atom is -0.481 e. The van der Waals surface area contributed by atoms with E-state index < -0.39 is 11.4 Å². The Hall–Kier alpha value is -1.88. The number of hydrogen-bond donors (Lipinski definition) is 1. The molecular weight excluding hydrogens is 304 g/mol. The molecule has 5 heteroatoms. The fourth-order valence-electron chi connectivity index (χ4n) is 3.92. The van der Waals surface area contributed by atoms with E-state index in [1.54, 1.807) is 0 Å². The number of carboxylic acid groups (broad SMARTS) is 1. The molecule has 1 saturated carbocycles. The molecule has 2 fully saturated rings. The molecule has 0 bridgehead atoms. The van der Waals surface area contributed by atoms with Crippen LogP contribution >= 0.6 is 0 Å². The summed E-state index contributed by atoms with van der Waals surface area (Å²) in [6.07, 6.45) is 3.29. The van der Waals surface area contributed by atoms with Crippen molar-refractivity contribution in [3.05, 3.63) is 35.9 Å². The maximum absolute atomic E-state index is 12.6. The van der Waals surface area contributed by atoms with Crippen molar-refractivity contribution < 1.29 is 14.7 Å². The third kappa shape index (κ3) is 3.78. The average molecular weight is 330 g/mol. The van der Waals surface area contributed by atoms with Crippen LogP contribution in [-0.2, 0) is 16.1 Å². The average Bonchev–Trinajstić information content (AvgIpc) is 3.06. The maximum atomic E-state index is 12.6. The number of nitrogens with zero attached hydrogens (tertiary/aromatic N) is 2. The molecule has 0 atom stereocenters. The maximum Gasteiger partial charge on any atom is 0.310 e. The van der Waals surface area contributed by atoms with Gasteiger partial charge in [0.2, 0.25) is 5.91 Å². The van der Waals surface area contributed by atoms with Crippen molar-refractivity contribution in [3.63, 3.8) is 0 Å². The highest BCUT2D eigenvalue weighted by Crippen LogP contribution is 2.41. The second-order valence-electron chi connectivity index (χ2n) is 7.11. The zero-order chi connectivity index (χ0) is 17.0. The predicted molar refractivity (Wildman–Crippen MR) is 91.5 cm³/mol. The van der Waals surface area contributed by atoms with Gasteiger partial charge in [0, 0.05) is 39.1 Å². The molecular formula is C19H26N2O3. The SMILES string of the molecule is O=C(CC1(C(=O)O)CCCC1)N1CCN(Cc2ccccc2)CC1. The van der Waals surface area contributed by atoms with E-state index in [1.807, 2.05) is 23.1 Å². The summed E-state index contributed by atoms with van der Waals surface area (Å²) in [5.41, 5.74) is 0.478. The Labute approximate surface area is 143 Å². The van der Waals surface area contributed by atoms with Crippen LogP contribution in [0, 0.1) is 5.41 Å². The summed E-state index contributed by atoms with van der Waals surface area (Å²) in [6, 6.07) is 10.3. The molecule has 130 valence electrons. The first-order valence-corrected chi connectivity index (χ1v) is 8.87. The zero-order valence-electron chi connectivity index (χ0n) is 14.1. The molecule has 3 rings (SSSR count). The summed E-state index contributed by atoms with van der Waals surface area (Å²) in [7, 11) is 0. The molecule has 1 amide bonds. The number of piperazine rings is 1. The van der Waals surface area contributed by atoms with E-state index in [2.05, 4.69) is 17.0 Å². The highest BCUT2D eigenvalue weighted by molar-refractivity contribution is 5.85. The Bertz CT molecular complexity index is 574. The number of rotatable bonds is 5. The molecule has 24 heavy (non-hydrogen) atoms. The van der Waals surface area contributed by atoms with Crippen LogP contribution in [0.4, 0.5) is 0 Å². The molecule has 1 heterocycles. The van der Waals surface area contributed by atoms with Gasteiger partial charge in [0.25, 0.3) is 0 Å². The van der Waals surface area contributed by atoms with Crippen LogP contribution in [-0.4, -0.2) is 53.0 Å². The largest absolute Gasteiger partial charge is 0.481 e. The van der Waals surface area contributed by atoms with Crippen LogP contribution in [0.15, 0.2) is 30.3 Å². The van der Waals surface area contributed by atoms with Gasteiger partial charge in [-0.25, -0.2) is 0 Å². The van der Waals surface area contributed by atoms with E-state index in [9.17, 15) is 14.7 Å². The first-order valence-electron chi connectivity index (χ1n) is 8.87. The minimum absolute atomic E-state index is 0.0126. The highest BCUT2D eigenvalue weighted by atomic mass is 16.4. The van der Waals surface area contributed by atoms with Crippen molar-refractivity contribution >= 4 is 11.9 Å². The zero-order valence-corrected chi connectivity index (χ0v) is 14.1. The molecule has 1 aromatic rings. The predicted octanol–water partition coefficient (Wildman–Crippen LogP) is 2.37. The van der Waals surface area contributed by atoms with Crippen LogP contribution in [0.2, 0.25) is 0 Å². The molecule has 0 unspecified atom stereocenters. The number of amides is 1. The molecule has 1 aromatic carbocycles. The van der Waals surface area contributed by atoms with Crippen LogP contribution in [0.5, 0.6) is 0 Å². The third-order valence-corrected chi connectivity index (χ3v) is 5.48. The van der Waals surface area contributed by atoms with Gasteiger partial charge in [0.15, 0.2) is 0 Å². The number of hydrogen-bond acceptors (Lipinski definition) is 3. The lowest BCUT2D eigenvalue weighted by molar-refractivity contribution is -0.153. The second kappa shape index (κ2) is 7.34. The highest BCUT2D eigenvalue weighted by Gasteiger charge is 2.44. The number of benzene rings is 1. The van der Waals surface area contributed by atoms with Crippen molar-refractivity contribution in [1.29, 1.82) is 0 Å². The van der Waals surface area contributed by atoms with Gasteiger partial charge >= 0.3 is 5.97 Å². The first kappa shape index (κ1) is 17.0. The summed E-state index contributed by atoms with van der Waals surface area (Å²) in [5, 5.41) is 9.54. The molecule has 1 aliphatic carbocycles. The summed E-state index contributed by atoms with van der Waals surface area (Å²) in [4.78, 5) is 28.4. The van der Waals surface area contributed by atoms with Crippen molar-refractivity contribution in [1.82, 2.24) is 9.80 Å².